The number of aromatic nitrogens is 1. The van der Waals surface area contributed by atoms with Gasteiger partial charge in [0.25, 0.3) is 0 Å². The second-order valence-electron chi connectivity index (χ2n) is 9.87. The Hall–Kier alpha value is -4.64. The predicted octanol–water partition coefficient (Wildman–Crippen LogP) is 6.58. The normalized spacial score (nSPS) is 12.2. The number of pyridine rings is 1. The lowest BCUT2D eigenvalue weighted by atomic mass is 9.92. The minimum absolute atomic E-state index is 0.0423. The Balaban J connectivity index is 1.16. The number of carbonyl (C=O) groups excluding carboxylic acids is 2. The number of nitrogens with zero attached hydrogens (tertiary/aromatic N) is 2. The summed E-state index contributed by atoms with van der Waals surface area (Å²) in [6, 6.07) is 28.0. The summed E-state index contributed by atoms with van der Waals surface area (Å²) in [7, 11) is 0. The number of ether oxygens (including phenoxy) is 1. The number of aliphatic imine (C=N–C) groups is 1. The van der Waals surface area contributed by atoms with Crippen molar-refractivity contribution in [3.8, 4) is 16.9 Å². The van der Waals surface area contributed by atoms with Crippen molar-refractivity contribution >= 4 is 17.8 Å². The van der Waals surface area contributed by atoms with Gasteiger partial charge < -0.3 is 4.74 Å². The molecule has 0 radical (unpaired) electrons. The highest BCUT2D eigenvalue weighted by Crippen LogP contribution is 2.29. The topological polar surface area (TPSA) is 68.6 Å². The van der Waals surface area contributed by atoms with Gasteiger partial charge in [-0.3, -0.25) is 19.6 Å². The van der Waals surface area contributed by atoms with Crippen molar-refractivity contribution in [1.29, 1.82) is 0 Å². The number of ketones is 2. The first-order valence-corrected chi connectivity index (χ1v) is 13.7. The molecule has 5 nitrogen and oxygen atoms in total. The number of hydrogen-bond donors (Lipinski definition) is 0. The Kier molecular flexibility index (Phi) is 9.05. The third-order valence-electron chi connectivity index (χ3n) is 6.99. The third kappa shape index (κ3) is 7.26. The minimum Gasteiger partial charge on any atom is -0.493 e. The maximum atomic E-state index is 12.8. The Morgan fingerprint density at radius 2 is 1.50 bits per heavy atom. The molecule has 40 heavy (non-hydrogen) atoms. The fraction of sp³-hybridized carbons (Fsp3) is 0.200. The monoisotopic (exact) mass is 528 g/mol. The van der Waals surface area contributed by atoms with E-state index >= 15 is 0 Å². The van der Waals surface area contributed by atoms with Crippen LogP contribution in [0.2, 0.25) is 0 Å². The van der Waals surface area contributed by atoms with Crippen LogP contribution in [0.3, 0.4) is 0 Å². The van der Waals surface area contributed by atoms with E-state index in [-0.39, 0.29) is 11.6 Å². The smallest absolute Gasteiger partial charge is 0.185 e. The fourth-order valence-electron chi connectivity index (χ4n) is 4.88. The summed E-state index contributed by atoms with van der Waals surface area (Å²) in [6.45, 7) is 0.517. The summed E-state index contributed by atoms with van der Waals surface area (Å²) in [4.78, 5) is 33.5. The average Bonchev–Trinajstić information content (AvgIpc) is 3.54. The molecule has 0 fully saturated rings. The molecular formula is C35H32N2O3. The highest BCUT2D eigenvalue weighted by molar-refractivity contribution is 6.00. The number of carbonyl (C=O) groups is 2. The van der Waals surface area contributed by atoms with E-state index in [1.165, 1.54) is 0 Å². The standard InChI is InChI=1S/C35H32N2O3/c38-30(16-13-27-7-5-20-36-25-27)23-26-14-17-31(18-15-26)40-22-19-28-8-1-3-10-32(28)33-11-4-2-9-29(33)24-35(39)34-12-6-21-37-34/h1-5,7-12,14-15,17-18,20-21,25H,6,13,16,19,22-24H2. The highest BCUT2D eigenvalue weighted by Gasteiger charge is 2.16. The lowest BCUT2D eigenvalue weighted by Gasteiger charge is -2.14. The molecule has 0 amide bonds. The van der Waals surface area contributed by atoms with Crippen LogP contribution >= 0.6 is 0 Å². The maximum absolute atomic E-state index is 12.8. The molecule has 1 aliphatic heterocycles. The Morgan fingerprint density at radius 3 is 2.23 bits per heavy atom. The van der Waals surface area contributed by atoms with Crippen molar-refractivity contribution in [3.63, 3.8) is 0 Å². The zero-order valence-corrected chi connectivity index (χ0v) is 22.5. The molecular weight excluding hydrogens is 496 g/mol. The number of allylic oxidation sites excluding steroid dienone is 2. The van der Waals surface area contributed by atoms with E-state index in [4.69, 9.17) is 4.74 Å². The quantitative estimate of drug-likeness (QED) is 0.196. The summed E-state index contributed by atoms with van der Waals surface area (Å²) >= 11 is 0. The molecule has 0 saturated carbocycles. The van der Waals surface area contributed by atoms with E-state index in [1.807, 2.05) is 79.0 Å². The summed E-state index contributed by atoms with van der Waals surface area (Å²) in [5, 5.41) is 0. The molecule has 3 aromatic carbocycles. The first-order valence-electron chi connectivity index (χ1n) is 13.7. The summed E-state index contributed by atoms with van der Waals surface area (Å²) in [5.41, 5.74) is 6.95. The van der Waals surface area contributed by atoms with Gasteiger partial charge in [-0.25, -0.2) is 0 Å². The lowest BCUT2D eigenvalue weighted by molar-refractivity contribution is -0.118. The van der Waals surface area contributed by atoms with Gasteiger partial charge in [0.05, 0.1) is 6.61 Å². The number of rotatable bonds is 13. The van der Waals surface area contributed by atoms with E-state index in [2.05, 4.69) is 28.2 Å². The molecule has 0 bridgehead atoms. The van der Waals surface area contributed by atoms with Gasteiger partial charge in [-0.2, -0.15) is 0 Å². The third-order valence-corrected chi connectivity index (χ3v) is 6.99. The van der Waals surface area contributed by atoms with Crippen LogP contribution in [0, 0.1) is 0 Å². The molecule has 200 valence electrons. The van der Waals surface area contributed by atoms with Crippen LogP contribution in [0.5, 0.6) is 5.75 Å². The second kappa shape index (κ2) is 13.4. The van der Waals surface area contributed by atoms with E-state index in [1.54, 1.807) is 12.4 Å². The Bertz CT molecular complexity index is 1520. The van der Waals surface area contributed by atoms with E-state index in [0.29, 0.717) is 38.0 Å². The molecule has 4 aromatic rings. The van der Waals surface area contributed by atoms with Crippen LogP contribution in [-0.2, 0) is 35.3 Å². The van der Waals surface area contributed by atoms with Gasteiger partial charge in [-0.05, 0) is 64.1 Å². The average molecular weight is 529 g/mol. The fourth-order valence-corrected chi connectivity index (χ4v) is 4.88. The molecule has 1 aromatic heterocycles. The molecule has 5 heteroatoms. The lowest BCUT2D eigenvalue weighted by Crippen LogP contribution is -2.07. The summed E-state index contributed by atoms with van der Waals surface area (Å²) in [5.74, 6) is 1.03. The SMILES string of the molecule is O=C(CCc1cccnc1)Cc1ccc(OCCc2ccccc2-c2ccccc2CC(=O)C2=CCC=N2)cc1. The van der Waals surface area contributed by atoms with Crippen molar-refractivity contribution in [2.45, 2.75) is 38.5 Å². The number of hydrogen-bond acceptors (Lipinski definition) is 5. The first kappa shape index (κ1) is 26.9. The van der Waals surface area contributed by atoms with Gasteiger partial charge in [-0.15, -0.1) is 0 Å². The summed E-state index contributed by atoms with van der Waals surface area (Å²) in [6.07, 6.45) is 10.6. The van der Waals surface area contributed by atoms with Gasteiger partial charge in [0.15, 0.2) is 5.78 Å². The zero-order valence-electron chi connectivity index (χ0n) is 22.5. The van der Waals surface area contributed by atoms with Crippen LogP contribution < -0.4 is 4.74 Å². The first-order chi connectivity index (χ1) is 19.7. The van der Waals surface area contributed by atoms with Crippen LogP contribution in [0.25, 0.3) is 11.1 Å². The Labute approximate surface area is 235 Å². The molecule has 0 unspecified atom stereocenters. The molecule has 0 saturated heterocycles. The summed E-state index contributed by atoms with van der Waals surface area (Å²) < 4.78 is 6.06. The van der Waals surface area contributed by atoms with E-state index in [0.717, 1.165) is 52.0 Å². The van der Waals surface area contributed by atoms with Crippen LogP contribution in [-0.4, -0.2) is 29.4 Å². The maximum Gasteiger partial charge on any atom is 0.185 e. The molecule has 0 atom stereocenters. The highest BCUT2D eigenvalue weighted by atomic mass is 16.5. The van der Waals surface area contributed by atoms with E-state index < -0.39 is 0 Å². The van der Waals surface area contributed by atoms with Crippen LogP contribution in [0.15, 0.2) is 114 Å². The van der Waals surface area contributed by atoms with E-state index in [9.17, 15) is 9.59 Å². The number of aryl methyl sites for hydroxylation is 1. The number of Topliss-reactive ketones (excluding diaryl/α,β-unsaturated/α-hetero) is 2. The van der Waals surface area contributed by atoms with Crippen molar-refractivity contribution in [1.82, 2.24) is 4.98 Å². The second-order valence-corrected chi connectivity index (χ2v) is 9.87. The molecule has 5 rings (SSSR count). The predicted molar refractivity (Wildman–Crippen MR) is 159 cm³/mol. The molecule has 0 N–H and O–H groups in total. The number of benzene rings is 3. The molecule has 0 aliphatic carbocycles. The van der Waals surface area contributed by atoms with Crippen molar-refractivity contribution in [2.75, 3.05) is 6.61 Å². The largest absolute Gasteiger partial charge is 0.493 e. The molecule has 2 heterocycles. The Morgan fingerprint density at radius 1 is 0.750 bits per heavy atom. The van der Waals surface area contributed by atoms with Gasteiger partial charge in [0, 0.05) is 50.7 Å². The van der Waals surface area contributed by atoms with Gasteiger partial charge >= 0.3 is 0 Å². The molecule has 0 spiro atoms. The van der Waals surface area contributed by atoms with Crippen LogP contribution in [0.4, 0.5) is 0 Å². The van der Waals surface area contributed by atoms with Crippen molar-refractivity contribution in [2.24, 2.45) is 4.99 Å². The van der Waals surface area contributed by atoms with Crippen LogP contribution in [0.1, 0.15) is 35.1 Å². The van der Waals surface area contributed by atoms with Gasteiger partial charge in [0.1, 0.15) is 17.2 Å². The zero-order chi connectivity index (χ0) is 27.6. The minimum atomic E-state index is 0.0423. The van der Waals surface area contributed by atoms with Crippen molar-refractivity contribution < 1.29 is 14.3 Å². The van der Waals surface area contributed by atoms with Gasteiger partial charge in [0.2, 0.25) is 0 Å². The van der Waals surface area contributed by atoms with Crippen molar-refractivity contribution in [3.05, 3.63) is 131 Å². The van der Waals surface area contributed by atoms with Gasteiger partial charge in [-0.1, -0.05) is 66.7 Å². The molecule has 1 aliphatic rings.